The second kappa shape index (κ2) is 4.45. The van der Waals surface area contributed by atoms with Crippen LogP contribution < -0.4 is 0 Å². The van der Waals surface area contributed by atoms with Crippen molar-refractivity contribution in [3.63, 3.8) is 0 Å². The van der Waals surface area contributed by atoms with Crippen molar-refractivity contribution in [2.24, 2.45) is 16.7 Å². The molecule has 0 aromatic carbocycles. The lowest BCUT2D eigenvalue weighted by Gasteiger charge is -2.47. The van der Waals surface area contributed by atoms with Gasteiger partial charge in [-0.3, -0.25) is 0 Å². The topological polar surface area (TPSA) is 9.23 Å². The quantitative estimate of drug-likeness (QED) is 0.664. The molecule has 1 heterocycles. The maximum absolute atomic E-state index is 5.88. The van der Waals surface area contributed by atoms with E-state index in [4.69, 9.17) is 4.74 Å². The fraction of sp³-hybridized carbons (Fsp3) is 1.00. The van der Waals surface area contributed by atoms with Gasteiger partial charge in [0, 0.05) is 6.61 Å². The molecule has 0 spiro atoms. The average molecular weight is 212 g/mol. The fourth-order valence-corrected chi connectivity index (χ4v) is 2.47. The summed E-state index contributed by atoms with van der Waals surface area (Å²) in [5.41, 5.74) is 0.844. The fourth-order valence-electron chi connectivity index (χ4n) is 2.47. The third-order valence-electron chi connectivity index (χ3n) is 4.23. The molecular weight excluding hydrogens is 184 g/mol. The minimum Gasteiger partial charge on any atom is -0.378 e. The van der Waals surface area contributed by atoms with E-state index in [1.807, 2.05) is 0 Å². The average Bonchev–Trinajstić information content (AvgIpc) is 2.00. The highest BCUT2D eigenvalue weighted by Crippen LogP contribution is 2.48. The van der Waals surface area contributed by atoms with Gasteiger partial charge in [0.15, 0.2) is 0 Å². The molecule has 0 saturated carbocycles. The van der Waals surface area contributed by atoms with Gasteiger partial charge in [0.1, 0.15) is 0 Å². The molecule has 1 saturated heterocycles. The lowest BCUT2D eigenvalue weighted by Crippen LogP contribution is -2.42. The van der Waals surface area contributed by atoms with Crippen molar-refractivity contribution in [2.45, 2.75) is 66.9 Å². The summed E-state index contributed by atoms with van der Waals surface area (Å²) in [6, 6.07) is 0. The van der Waals surface area contributed by atoms with Crippen LogP contribution in [0.1, 0.15) is 60.8 Å². The molecule has 2 atom stereocenters. The summed E-state index contributed by atoms with van der Waals surface area (Å²) in [7, 11) is 0. The van der Waals surface area contributed by atoms with Crippen molar-refractivity contribution in [3.05, 3.63) is 0 Å². The van der Waals surface area contributed by atoms with Gasteiger partial charge in [-0.2, -0.15) is 0 Å². The first-order valence-corrected chi connectivity index (χ1v) is 6.36. The molecule has 1 fully saturated rings. The van der Waals surface area contributed by atoms with Gasteiger partial charge in [-0.1, -0.05) is 41.5 Å². The predicted molar refractivity (Wildman–Crippen MR) is 66.0 cm³/mol. The smallest absolute Gasteiger partial charge is 0.0583 e. The molecule has 1 aliphatic rings. The van der Waals surface area contributed by atoms with E-state index in [0.29, 0.717) is 16.9 Å². The van der Waals surface area contributed by atoms with Crippen LogP contribution in [0.4, 0.5) is 0 Å². The SMILES string of the molecule is CC(C)CC1CC(C)(C(C)(C)C)CCO1. The second-order valence-electron chi connectivity index (χ2n) is 6.89. The molecule has 0 radical (unpaired) electrons. The molecule has 0 amide bonds. The molecule has 0 bridgehead atoms. The van der Waals surface area contributed by atoms with Crippen LogP contribution in [-0.4, -0.2) is 12.7 Å². The van der Waals surface area contributed by atoms with Crippen molar-refractivity contribution in [1.29, 1.82) is 0 Å². The highest BCUT2D eigenvalue weighted by atomic mass is 16.5. The van der Waals surface area contributed by atoms with Gasteiger partial charge in [-0.15, -0.1) is 0 Å². The highest BCUT2D eigenvalue weighted by Gasteiger charge is 2.41. The standard InChI is InChI=1S/C14H28O/c1-11(2)9-12-10-14(6,7-8-15-12)13(3,4)5/h11-12H,7-10H2,1-6H3. The van der Waals surface area contributed by atoms with Crippen LogP contribution in [-0.2, 0) is 4.74 Å². The van der Waals surface area contributed by atoms with E-state index in [0.717, 1.165) is 12.5 Å². The van der Waals surface area contributed by atoms with Gasteiger partial charge >= 0.3 is 0 Å². The molecule has 1 rings (SSSR count). The van der Waals surface area contributed by atoms with Crippen LogP contribution in [0, 0.1) is 16.7 Å². The van der Waals surface area contributed by atoms with E-state index in [1.54, 1.807) is 0 Å². The number of rotatable bonds is 2. The monoisotopic (exact) mass is 212 g/mol. The lowest BCUT2D eigenvalue weighted by atomic mass is 9.62. The third-order valence-corrected chi connectivity index (χ3v) is 4.23. The molecule has 0 aliphatic carbocycles. The number of hydrogen-bond acceptors (Lipinski definition) is 1. The van der Waals surface area contributed by atoms with E-state index in [1.165, 1.54) is 19.3 Å². The molecule has 15 heavy (non-hydrogen) atoms. The third kappa shape index (κ3) is 3.21. The second-order valence-corrected chi connectivity index (χ2v) is 6.89. The van der Waals surface area contributed by atoms with Crippen molar-refractivity contribution >= 4 is 0 Å². The Morgan fingerprint density at radius 3 is 2.40 bits per heavy atom. The van der Waals surface area contributed by atoms with Crippen LogP contribution in [0.2, 0.25) is 0 Å². The Morgan fingerprint density at radius 2 is 1.93 bits per heavy atom. The summed E-state index contributed by atoms with van der Waals surface area (Å²) >= 11 is 0. The van der Waals surface area contributed by atoms with Crippen LogP contribution >= 0.6 is 0 Å². The normalized spacial score (nSPS) is 33.4. The first kappa shape index (κ1) is 13.0. The maximum Gasteiger partial charge on any atom is 0.0583 e. The minimum absolute atomic E-state index is 0.395. The van der Waals surface area contributed by atoms with E-state index < -0.39 is 0 Å². The number of ether oxygens (including phenoxy) is 1. The molecule has 90 valence electrons. The summed E-state index contributed by atoms with van der Waals surface area (Å²) in [6.45, 7) is 15.0. The van der Waals surface area contributed by atoms with Crippen molar-refractivity contribution in [3.8, 4) is 0 Å². The number of hydrogen-bond donors (Lipinski definition) is 0. The van der Waals surface area contributed by atoms with Crippen molar-refractivity contribution in [1.82, 2.24) is 0 Å². The van der Waals surface area contributed by atoms with E-state index in [9.17, 15) is 0 Å². The van der Waals surface area contributed by atoms with E-state index in [2.05, 4.69) is 41.5 Å². The Bertz CT molecular complexity index is 202. The Kier molecular flexibility index (Phi) is 3.86. The van der Waals surface area contributed by atoms with Crippen LogP contribution in [0.15, 0.2) is 0 Å². The molecule has 0 N–H and O–H groups in total. The zero-order chi connectivity index (χ0) is 11.7. The Hall–Kier alpha value is -0.0400. The van der Waals surface area contributed by atoms with Gasteiger partial charge in [0.25, 0.3) is 0 Å². The van der Waals surface area contributed by atoms with E-state index in [-0.39, 0.29) is 0 Å². The summed E-state index contributed by atoms with van der Waals surface area (Å²) in [4.78, 5) is 0. The largest absolute Gasteiger partial charge is 0.378 e. The summed E-state index contributed by atoms with van der Waals surface area (Å²) in [5, 5.41) is 0. The van der Waals surface area contributed by atoms with Gasteiger partial charge in [-0.25, -0.2) is 0 Å². The lowest BCUT2D eigenvalue weighted by molar-refractivity contribution is -0.0892. The zero-order valence-corrected chi connectivity index (χ0v) is 11.4. The van der Waals surface area contributed by atoms with Crippen molar-refractivity contribution < 1.29 is 4.74 Å². The molecule has 0 aromatic heterocycles. The Balaban J connectivity index is 2.63. The summed E-state index contributed by atoms with van der Waals surface area (Å²) in [6.07, 6.45) is 4.15. The van der Waals surface area contributed by atoms with E-state index >= 15 is 0 Å². The maximum atomic E-state index is 5.88. The first-order chi connectivity index (χ1) is 6.74. The summed E-state index contributed by atoms with van der Waals surface area (Å²) in [5.74, 6) is 0.748. The molecule has 2 unspecified atom stereocenters. The van der Waals surface area contributed by atoms with Crippen LogP contribution in [0.25, 0.3) is 0 Å². The molecular formula is C14H28O. The molecule has 1 aliphatic heterocycles. The molecule has 1 nitrogen and oxygen atoms in total. The Morgan fingerprint density at radius 1 is 1.33 bits per heavy atom. The summed E-state index contributed by atoms with van der Waals surface area (Å²) < 4.78 is 5.88. The molecule has 1 heteroatoms. The minimum atomic E-state index is 0.395. The first-order valence-electron chi connectivity index (χ1n) is 6.36. The Labute approximate surface area is 95.6 Å². The van der Waals surface area contributed by atoms with Crippen molar-refractivity contribution in [2.75, 3.05) is 6.61 Å². The van der Waals surface area contributed by atoms with Gasteiger partial charge in [0.05, 0.1) is 6.10 Å². The van der Waals surface area contributed by atoms with Crippen LogP contribution in [0.5, 0.6) is 0 Å². The highest BCUT2D eigenvalue weighted by molar-refractivity contribution is 4.91. The zero-order valence-electron chi connectivity index (χ0n) is 11.4. The van der Waals surface area contributed by atoms with Gasteiger partial charge in [-0.05, 0) is 36.0 Å². The van der Waals surface area contributed by atoms with Gasteiger partial charge in [0.2, 0.25) is 0 Å². The van der Waals surface area contributed by atoms with Gasteiger partial charge < -0.3 is 4.74 Å². The predicted octanol–water partition coefficient (Wildman–Crippen LogP) is 4.26. The van der Waals surface area contributed by atoms with Crippen LogP contribution in [0.3, 0.4) is 0 Å². The molecule has 0 aromatic rings.